The van der Waals surface area contributed by atoms with Gasteiger partial charge in [-0.3, -0.25) is 10.1 Å². The van der Waals surface area contributed by atoms with Crippen molar-refractivity contribution in [1.82, 2.24) is 20.2 Å². The molecule has 2 N–H and O–H groups in total. The highest BCUT2D eigenvalue weighted by Gasteiger charge is 2.18. The van der Waals surface area contributed by atoms with Gasteiger partial charge in [0.1, 0.15) is 29.5 Å². The first-order valence-corrected chi connectivity index (χ1v) is 9.45. The van der Waals surface area contributed by atoms with Crippen LogP contribution in [0.5, 0.6) is 5.75 Å². The van der Waals surface area contributed by atoms with Crippen molar-refractivity contribution in [3.8, 4) is 16.9 Å². The zero-order valence-electron chi connectivity index (χ0n) is 16.4. The number of benzene rings is 2. The summed E-state index contributed by atoms with van der Waals surface area (Å²) in [6, 6.07) is 8.61. The second kappa shape index (κ2) is 7.60. The van der Waals surface area contributed by atoms with Crippen LogP contribution in [0.4, 0.5) is 20.3 Å². The first-order valence-electron chi connectivity index (χ1n) is 9.45. The zero-order valence-corrected chi connectivity index (χ0v) is 16.4. The number of halogens is 2. The van der Waals surface area contributed by atoms with E-state index in [1.807, 2.05) is 12.2 Å². The molecule has 0 unspecified atom stereocenters. The van der Waals surface area contributed by atoms with Gasteiger partial charge in [0, 0.05) is 11.6 Å². The van der Waals surface area contributed by atoms with Gasteiger partial charge in [-0.25, -0.2) is 18.7 Å². The Bertz CT molecular complexity index is 1360. The quantitative estimate of drug-likeness (QED) is 0.501. The molecule has 0 saturated heterocycles. The fourth-order valence-electron chi connectivity index (χ4n) is 3.49. The molecule has 9 heteroatoms. The molecule has 0 aliphatic carbocycles. The fraction of sp³-hybridized carbons (Fsp3) is 0.0909. The maximum Gasteiger partial charge on any atom is 0.186 e. The summed E-state index contributed by atoms with van der Waals surface area (Å²) >= 11 is 0. The van der Waals surface area contributed by atoms with Gasteiger partial charge in [0.05, 0.1) is 36.1 Å². The van der Waals surface area contributed by atoms with E-state index in [2.05, 4.69) is 30.5 Å². The molecule has 0 saturated carbocycles. The molecule has 3 heterocycles. The Morgan fingerprint density at radius 2 is 2.00 bits per heavy atom. The van der Waals surface area contributed by atoms with E-state index in [0.717, 1.165) is 11.8 Å². The maximum atomic E-state index is 14.3. The standard InChI is InChI=1S/C22H16F2N6O/c1-31-18-7-4-12(14-6-5-13(23)10-15(14)24)9-17(18)28-21-19-20(16-3-2-8-25-16)29-30-22(19)27-11-26-21/h2-7,9-11H,8H2,1H3,(H2,26,27,28,29,30). The first kappa shape index (κ1) is 18.9. The zero-order chi connectivity index (χ0) is 21.4. The van der Waals surface area contributed by atoms with E-state index >= 15 is 0 Å². The lowest BCUT2D eigenvalue weighted by molar-refractivity contribution is 0.417. The van der Waals surface area contributed by atoms with Crippen molar-refractivity contribution in [3.63, 3.8) is 0 Å². The molecular formula is C22H16F2N6O. The van der Waals surface area contributed by atoms with Crippen LogP contribution in [0.25, 0.3) is 22.2 Å². The number of aliphatic imine (C=N–C) groups is 1. The summed E-state index contributed by atoms with van der Waals surface area (Å²) in [7, 11) is 1.54. The predicted molar refractivity (Wildman–Crippen MR) is 114 cm³/mol. The Morgan fingerprint density at radius 1 is 1.10 bits per heavy atom. The maximum absolute atomic E-state index is 14.3. The molecule has 1 aliphatic heterocycles. The van der Waals surface area contributed by atoms with E-state index in [4.69, 9.17) is 4.74 Å². The summed E-state index contributed by atoms with van der Waals surface area (Å²) in [5.41, 5.74) is 3.33. The number of aromatic nitrogens is 4. The number of hydrogen-bond donors (Lipinski definition) is 2. The monoisotopic (exact) mass is 418 g/mol. The normalized spacial score (nSPS) is 12.9. The molecular weight excluding hydrogens is 402 g/mol. The van der Waals surface area contributed by atoms with Crippen LogP contribution in [0.15, 0.2) is 59.9 Å². The molecule has 0 amide bonds. The van der Waals surface area contributed by atoms with Gasteiger partial charge < -0.3 is 10.1 Å². The van der Waals surface area contributed by atoms with Gasteiger partial charge in [-0.05, 0) is 35.9 Å². The average Bonchev–Trinajstić information content (AvgIpc) is 3.44. The highest BCUT2D eigenvalue weighted by molar-refractivity contribution is 6.17. The van der Waals surface area contributed by atoms with Gasteiger partial charge in [0.2, 0.25) is 0 Å². The molecule has 0 atom stereocenters. The van der Waals surface area contributed by atoms with Crippen LogP contribution >= 0.6 is 0 Å². The molecule has 7 nitrogen and oxygen atoms in total. The third-order valence-electron chi connectivity index (χ3n) is 4.94. The summed E-state index contributed by atoms with van der Waals surface area (Å²) in [6.07, 6.45) is 5.25. The summed E-state index contributed by atoms with van der Waals surface area (Å²) < 4.78 is 33.1. The first-order chi connectivity index (χ1) is 15.1. The molecule has 2 aromatic heterocycles. The Hall–Kier alpha value is -4.14. The molecule has 1 aliphatic rings. The number of allylic oxidation sites excluding steroid dienone is 1. The van der Waals surface area contributed by atoms with Crippen LogP contribution in [0.2, 0.25) is 0 Å². The minimum Gasteiger partial charge on any atom is -0.495 e. The number of ether oxygens (including phenoxy) is 1. The highest BCUT2D eigenvalue weighted by atomic mass is 19.1. The number of H-pyrrole nitrogens is 1. The van der Waals surface area contributed by atoms with E-state index in [-0.39, 0.29) is 5.56 Å². The predicted octanol–water partition coefficient (Wildman–Crippen LogP) is 4.41. The van der Waals surface area contributed by atoms with Gasteiger partial charge in [-0.15, -0.1) is 0 Å². The minimum absolute atomic E-state index is 0.273. The smallest absolute Gasteiger partial charge is 0.186 e. The number of nitrogens with zero attached hydrogens (tertiary/aromatic N) is 4. The lowest BCUT2D eigenvalue weighted by Gasteiger charge is -2.14. The van der Waals surface area contributed by atoms with E-state index in [0.29, 0.717) is 46.1 Å². The highest BCUT2D eigenvalue weighted by Crippen LogP contribution is 2.35. The topological polar surface area (TPSA) is 88.1 Å². The van der Waals surface area contributed by atoms with Crippen molar-refractivity contribution in [3.05, 3.63) is 72.2 Å². The SMILES string of the molecule is COc1ccc(-c2ccc(F)cc2F)cc1Nc1ncnc2n[nH]c(C3=NCC=C3)c12. The molecule has 4 aromatic rings. The lowest BCUT2D eigenvalue weighted by atomic mass is 10.0. The molecule has 31 heavy (non-hydrogen) atoms. The summed E-state index contributed by atoms with van der Waals surface area (Å²) in [4.78, 5) is 13.0. The van der Waals surface area contributed by atoms with Crippen molar-refractivity contribution in [2.75, 3.05) is 19.0 Å². The van der Waals surface area contributed by atoms with Gasteiger partial charge in [0.25, 0.3) is 0 Å². The second-order valence-corrected chi connectivity index (χ2v) is 6.81. The van der Waals surface area contributed by atoms with Crippen molar-refractivity contribution in [2.24, 2.45) is 4.99 Å². The van der Waals surface area contributed by atoms with E-state index in [1.165, 1.54) is 25.6 Å². The van der Waals surface area contributed by atoms with Gasteiger partial charge in [-0.2, -0.15) is 5.10 Å². The average molecular weight is 418 g/mol. The Balaban J connectivity index is 1.61. The Morgan fingerprint density at radius 3 is 2.77 bits per heavy atom. The van der Waals surface area contributed by atoms with Crippen molar-refractivity contribution in [2.45, 2.75) is 0 Å². The Kier molecular flexibility index (Phi) is 4.62. The van der Waals surface area contributed by atoms with E-state index in [1.54, 1.807) is 18.2 Å². The third-order valence-corrected chi connectivity index (χ3v) is 4.94. The number of methoxy groups -OCH3 is 1. The molecule has 0 bridgehead atoms. The fourth-order valence-corrected chi connectivity index (χ4v) is 3.49. The largest absolute Gasteiger partial charge is 0.495 e. The molecule has 2 aromatic carbocycles. The molecule has 154 valence electrons. The van der Waals surface area contributed by atoms with Gasteiger partial charge >= 0.3 is 0 Å². The molecule has 0 spiro atoms. The van der Waals surface area contributed by atoms with E-state index in [9.17, 15) is 8.78 Å². The number of fused-ring (bicyclic) bond motifs is 1. The van der Waals surface area contributed by atoms with Crippen LogP contribution < -0.4 is 10.1 Å². The van der Waals surface area contributed by atoms with Crippen LogP contribution in [0.3, 0.4) is 0 Å². The molecule has 5 rings (SSSR count). The second-order valence-electron chi connectivity index (χ2n) is 6.81. The van der Waals surface area contributed by atoms with Crippen LogP contribution in [0, 0.1) is 11.6 Å². The number of rotatable bonds is 5. The number of aromatic amines is 1. The van der Waals surface area contributed by atoms with Gasteiger partial charge in [-0.1, -0.05) is 12.1 Å². The van der Waals surface area contributed by atoms with Crippen LogP contribution in [-0.2, 0) is 0 Å². The summed E-state index contributed by atoms with van der Waals surface area (Å²) in [6.45, 7) is 0.603. The lowest BCUT2D eigenvalue weighted by Crippen LogP contribution is -2.02. The number of hydrogen-bond acceptors (Lipinski definition) is 6. The molecule has 0 radical (unpaired) electrons. The van der Waals surface area contributed by atoms with E-state index < -0.39 is 11.6 Å². The number of anilines is 2. The Labute approximate surface area is 175 Å². The minimum atomic E-state index is -0.649. The molecule has 0 fully saturated rings. The number of nitrogens with one attached hydrogen (secondary N) is 2. The summed E-state index contributed by atoms with van der Waals surface area (Å²) in [5, 5.41) is 11.1. The van der Waals surface area contributed by atoms with Gasteiger partial charge in [0.15, 0.2) is 5.65 Å². The van der Waals surface area contributed by atoms with Crippen molar-refractivity contribution < 1.29 is 13.5 Å². The van der Waals surface area contributed by atoms with Crippen LogP contribution in [-0.4, -0.2) is 39.5 Å². The third kappa shape index (κ3) is 3.39. The van der Waals surface area contributed by atoms with Crippen molar-refractivity contribution in [1.29, 1.82) is 0 Å². The summed E-state index contributed by atoms with van der Waals surface area (Å²) in [5.74, 6) is -0.260. The van der Waals surface area contributed by atoms with Crippen molar-refractivity contribution >= 4 is 28.3 Å². The van der Waals surface area contributed by atoms with Crippen LogP contribution in [0.1, 0.15) is 5.69 Å².